The Labute approximate surface area is 190 Å². The molecule has 2 rings (SSSR count). The molecule has 1 aliphatic rings. The maximum absolute atomic E-state index is 12.7. The number of carbonyl (C=O) groups is 2. The molecule has 0 radical (unpaired) electrons. The largest absolute Gasteiger partial charge is 0.481 e. The molecular formula is C22H35ClN4O4. The summed E-state index contributed by atoms with van der Waals surface area (Å²) in [6.45, 7) is 7.12. The molecule has 1 aliphatic carbocycles. The third-order valence-electron chi connectivity index (χ3n) is 5.58. The first kappa shape index (κ1) is 25.2. The second-order valence-corrected chi connectivity index (χ2v) is 9.56. The summed E-state index contributed by atoms with van der Waals surface area (Å²) in [6.07, 6.45) is 6.99. The van der Waals surface area contributed by atoms with E-state index in [2.05, 4.69) is 15.3 Å². The van der Waals surface area contributed by atoms with Gasteiger partial charge in [-0.2, -0.15) is 4.98 Å². The van der Waals surface area contributed by atoms with Gasteiger partial charge in [-0.15, -0.1) is 0 Å². The molecular weight excluding hydrogens is 420 g/mol. The van der Waals surface area contributed by atoms with Crippen LogP contribution < -0.4 is 10.1 Å². The van der Waals surface area contributed by atoms with Gasteiger partial charge in [-0.3, -0.25) is 9.69 Å². The van der Waals surface area contributed by atoms with Crippen LogP contribution >= 0.6 is 11.6 Å². The normalized spacial score (nSPS) is 20.0. The fourth-order valence-electron chi connectivity index (χ4n) is 3.75. The summed E-state index contributed by atoms with van der Waals surface area (Å²) in [5, 5.41) is 3.29. The molecule has 0 aliphatic heterocycles. The van der Waals surface area contributed by atoms with Crippen molar-refractivity contribution in [1.29, 1.82) is 0 Å². The number of halogens is 1. The molecule has 0 unspecified atom stereocenters. The first-order valence-electron chi connectivity index (χ1n) is 10.8. The zero-order valence-corrected chi connectivity index (χ0v) is 20.2. The maximum Gasteiger partial charge on any atom is 0.410 e. The summed E-state index contributed by atoms with van der Waals surface area (Å²) in [5.74, 6) is 0.838. The van der Waals surface area contributed by atoms with Gasteiger partial charge < -0.3 is 14.8 Å². The molecule has 1 aromatic rings. The van der Waals surface area contributed by atoms with Crippen molar-refractivity contribution in [2.24, 2.45) is 5.92 Å². The molecule has 0 bridgehead atoms. The van der Waals surface area contributed by atoms with Gasteiger partial charge >= 0.3 is 6.09 Å². The third-order valence-corrected chi connectivity index (χ3v) is 5.76. The maximum atomic E-state index is 12.7. The summed E-state index contributed by atoms with van der Waals surface area (Å²) in [4.78, 5) is 34.5. The van der Waals surface area contributed by atoms with Crippen molar-refractivity contribution >= 4 is 23.6 Å². The van der Waals surface area contributed by atoms with Crippen LogP contribution in [0.2, 0.25) is 5.28 Å². The number of rotatable bonds is 7. The Bertz CT molecular complexity index is 768. The van der Waals surface area contributed by atoms with Crippen LogP contribution in [0.15, 0.2) is 6.20 Å². The molecule has 9 heteroatoms. The van der Waals surface area contributed by atoms with E-state index in [0.29, 0.717) is 11.8 Å². The number of hydrogen-bond donors (Lipinski definition) is 1. The molecule has 8 nitrogen and oxygen atoms in total. The quantitative estimate of drug-likeness (QED) is 0.626. The Balaban J connectivity index is 1.86. The smallest absolute Gasteiger partial charge is 0.410 e. The van der Waals surface area contributed by atoms with Gasteiger partial charge in [0, 0.05) is 24.8 Å². The van der Waals surface area contributed by atoms with Gasteiger partial charge in [0.05, 0.1) is 7.11 Å². The highest BCUT2D eigenvalue weighted by molar-refractivity contribution is 6.28. The predicted octanol–water partition coefficient (Wildman–Crippen LogP) is 4.00. The van der Waals surface area contributed by atoms with Crippen LogP contribution in [0.25, 0.3) is 0 Å². The Kier molecular flexibility index (Phi) is 8.91. The SMILES string of the molecule is COc1nc(Cl)ncc1CC[C@@H]1CCC[C@H](NC(=O)[C@H](C)N(C)C(=O)OC(C)(C)C)C1. The van der Waals surface area contributed by atoms with Gasteiger partial charge in [0.25, 0.3) is 0 Å². The molecule has 1 aromatic heterocycles. The van der Waals surface area contributed by atoms with Crippen molar-refractivity contribution in [2.75, 3.05) is 14.2 Å². The average Bonchev–Trinajstić information content (AvgIpc) is 2.70. The Morgan fingerprint density at radius 3 is 2.71 bits per heavy atom. The lowest BCUT2D eigenvalue weighted by Crippen LogP contribution is -2.50. The van der Waals surface area contributed by atoms with Crippen LogP contribution in [0.4, 0.5) is 4.79 Å². The molecule has 2 amide bonds. The van der Waals surface area contributed by atoms with E-state index in [1.165, 1.54) is 4.90 Å². The Hall–Kier alpha value is -2.09. The lowest BCUT2D eigenvalue weighted by molar-refractivity contribution is -0.126. The number of hydrogen-bond acceptors (Lipinski definition) is 6. The minimum atomic E-state index is -0.606. The number of amides is 2. The van der Waals surface area contributed by atoms with E-state index < -0.39 is 17.7 Å². The molecule has 3 atom stereocenters. The molecule has 1 heterocycles. The molecule has 1 N–H and O–H groups in total. The number of methoxy groups -OCH3 is 1. The summed E-state index contributed by atoms with van der Waals surface area (Å²) in [7, 11) is 3.16. The minimum Gasteiger partial charge on any atom is -0.481 e. The topological polar surface area (TPSA) is 93.7 Å². The van der Waals surface area contributed by atoms with E-state index in [9.17, 15) is 9.59 Å². The fraction of sp³-hybridized carbons (Fsp3) is 0.727. The number of aryl methyl sites for hydroxylation is 1. The fourth-order valence-corrected chi connectivity index (χ4v) is 3.88. The third kappa shape index (κ3) is 7.83. The summed E-state index contributed by atoms with van der Waals surface area (Å²) >= 11 is 5.84. The van der Waals surface area contributed by atoms with E-state index in [1.807, 2.05) is 0 Å². The summed E-state index contributed by atoms with van der Waals surface area (Å²) in [5.41, 5.74) is 0.335. The van der Waals surface area contributed by atoms with Crippen LogP contribution in [0.5, 0.6) is 5.88 Å². The van der Waals surface area contributed by atoms with E-state index >= 15 is 0 Å². The van der Waals surface area contributed by atoms with E-state index in [-0.39, 0.29) is 17.2 Å². The second kappa shape index (κ2) is 11.0. The van der Waals surface area contributed by atoms with E-state index in [0.717, 1.165) is 44.1 Å². The van der Waals surface area contributed by atoms with Gasteiger partial charge in [-0.1, -0.05) is 12.8 Å². The molecule has 0 aromatic carbocycles. The molecule has 0 saturated heterocycles. The van der Waals surface area contributed by atoms with Crippen LogP contribution in [-0.2, 0) is 16.0 Å². The first-order chi connectivity index (χ1) is 14.5. The van der Waals surface area contributed by atoms with Crippen LogP contribution in [0, 0.1) is 5.92 Å². The van der Waals surface area contributed by atoms with Crippen molar-refractivity contribution in [3.05, 3.63) is 17.0 Å². The lowest BCUT2D eigenvalue weighted by Gasteiger charge is -2.32. The van der Waals surface area contributed by atoms with Gasteiger partial charge in [0.15, 0.2) is 0 Å². The number of carbonyl (C=O) groups excluding carboxylic acids is 2. The number of nitrogens with one attached hydrogen (secondary N) is 1. The lowest BCUT2D eigenvalue weighted by atomic mass is 9.82. The van der Waals surface area contributed by atoms with Crippen molar-refractivity contribution in [2.45, 2.75) is 83.9 Å². The van der Waals surface area contributed by atoms with E-state index in [1.54, 1.807) is 48.0 Å². The zero-order chi connectivity index (χ0) is 23.2. The first-order valence-corrected chi connectivity index (χ1v) is 11.2. The molecule has 1 fully saturated rings. The van der Waals surface area contributed by atoms with Crippen LogP contribution in [0.1, 0.15) is 65.4 Å². The number of nitrogens with zero attached hydrogens (tertiary/aromatic N) is 3. The molecule has 174 valence electrons. The van der Waals surface area contributed by atoms with E-state index in [4.69, 9.17) is 21.1 Å². The number of likely N-dealkylation sites (N-methyl/N-ethyl adjacent to an activating group) is 1. The second-order valence-electron chi connectivity index (χ2n) is 9.22. The highest BCUT2D eigenvalue weighted by Crippen LogP contribution is 2.29. The molecule has 31 heavy (non-hydrogen) atoms. The molecule has 0 spiro atoms. The minimum absolute atomic E-state index is 0.101. The van der Waals surface area contributed by atoms with Crippen molar-refractivity contribution in [3.8, 4) is 5.88 Å². The van der Waals surface area contributed by atoms with Gasteiger partial charge in [0.1, 0.15) is 11.6 Å². The highest BCUT2D eigenvalue weighted by Gasteiger charge is 2.30. The van der Waals surface area contributed by atoms with Crippen LogP contribution in [-0.4, -0.2) is 58.7 Å². The summed E-state index contributed by atoms with van der Waals surface area (Å²) in [6, 6.07) is -0.505. The van der Waals surface area contributed by atoms with Gasteiger partial charge in [-0.05, 0) is 70.9 Å². The number of ether oxygens (including phenoxy) is 2. The standard InChI is InChI=1S/C22H35ClN4O4/c1-14(27(5)21(29)31-22(2,3)4)18(28)25-17-9-7-8-15(12-17)10-11-16-13-24-20(23)26-19(16)30-6/h13-15,17H,7-12H2,1-6H3,(H,25,28)/t14-,15-,17-/m0/s1. The summed E-state index contributed by atoms with van der Waals surface area (Å²) < 4.78 is 10.7. The van der Waals surface area contributed by atoms with Crippen molar-refractivity contribution < 1.29 is 19.1 Å². The Morgan fingerprint density at radius 2 is 2.06 bits per heavy atom. The van der Waals surface area contributed by atoms with Crippen molar-refractivity contribution in [1.82, 2.24) is 20.2 Å². The number of aromatic nitrogens is 2. The van der Waals surface area contributed by atoms with Crippen molar-refractivity contribution in [3.63, 3.8) is 0 Å². The van der Waals surface area contributed by atoms with Crippen LogP contribution in [0.3, 0.4) is 0 Å². The monoisotopic (exact) mass is 454 g/mol. The van der Waals surface area contributed by atoms with Gasteiger partial charge in [0.2, 0.25) is 17.1 Å². The Morgan fingerprint density at radius 1 is 1.35 bits per heavy atom. The highest BCUT2D eigenvalue weighted by atomic mass is 35.5. The van der Waals surface area contributed by atoms with Gasteiger partial charge in [-0.25, -0.2) is 9.78 Å². The zero-order valence-electron chi connectivity index (χ0n) is 19.4. The predicted molar refractivity (Wildman–Crippen MR) is 119 cm³/mol. The molecule has 1 saturated carbocycles. The average molecular weight is 455 g/mol.